The molecule has 0 bridgehead atoms. The Morgan fingerprint density at radius 2 is 1.13 bits per heavy atom. The van der Waals surface area contributed by atoms with E-state index in [4.69, 9.17) is 9.98 Å². The Labute approximate surface area is 301 Å². The van der Waals surface area contributed by atoms with Crippen LogP contribution in [0.2, 0.25) is 0 Å². The zero-order chi connectivity index (χ0) is 36.0. The number of aromatic amines is 1. The number of hydrogen-bond donors (Lipinski definition) is 2. The van der Waals surface area contributed by atoms with Gasteiger partial charge in [0.1, 0.15) is 23.2 Å². The lowest BCUT2D eigenvalue weighted by Gasteiger charge is -2.06. The molecule has 1 atom stereocenters. The van der Waals surface area contributed by atoms with Crippen molar-refractivity contribution in [2.45, 2.75) is 11.3 Å². The molecule has 1 aliphatic rings. The molecule has 0 saturated carbocycles. The van der Waals surface area contributed by atoms with Crippen LogP contribution in [0.15, 0.2) is 156 Å². The third kappa shape index (κ3) is 7.67. The molecule has 0 radical (unpaired) electrons. The summed E-state index contributed by atoms with van der Waals surface area (Å²) in [6.07, 6.45) is 9.28. The zero-order valence-electron chi connectivity index (χ0n) is 27.9. The third-order valence-electron chi connectivity index (χ3n) is 8.47. The van der Waals surface area contributed by atoms with Crippen LogP contribution in [0.5, 0.6) is 5.75 Å². The van der Waals surface area contributed by atoms with Gasteiger partial charge in [-0.1, -0.05) is 12.1 Å². The maximum Gasteiger partial charge on any atom is 0.138 e. The van der Waals surface area contributed by atoms with Gasteiger partial charge in [-0.05, 0) is 126 Å². The van der Waals surface area contributed by atoms with Crippen LogP contribution in [0.3, 0.4) is 0 Å². The van der Waals surface area contributed by atoms with Crippen LogP contribution < -0.4 is 0 Å². The molecule has 0 aliphatic carbocycles. The Bertz CT molecular complexity index is 2400. The SMILES string of the molecule is CS(=O)c1ccc(C2=NC(c3ccc(F)cc3)=C(c3ccncc3)C2)cc1.Oc1ccc(-c2nc(-c3ccc(F)cc3)c(-c3ccncc3)[nH]2)cc1. The molecule has 0 amide bonds. The highest BCUT2D eigenvalue weighted by Crippen LogP contribution is 2.37. The van der Waals surface area contributed by atoms with Crippen molar-refractivity contribution in [3.05, 3.63) is 174 Å². The van der Waals surface area contributed by atoms with E-state index in [1.54, 1.807) is 79.6 Å². The van der Waals surface area contributed by atoms with Crippen molar-refractivity contribution in [2.75, 3.05) is 6.26 Å². The van der Waals surface area contributed by atoms with Gasteiger partial charge in [-0.15, -0.1) is 0 Å². The van der Waals surface area contributed by atoms with Gasteiger partial charge in [0.25, 0.3) is 0 Å². The average molecular weight is 708 g/mol. The molecule has 8 rings (SSSR count). The predicted molar refractivity (Wildman–Crippen MR) is 202 cm³/mol. The number of halogens is 2. The second kappa shape index (κ2) is 15.2. The number of hydrogen-bond acceptors (Lipinski definition) is 6. The fourth-order valence-electron chi connectivity index (χ4n) is 5.81. The summed E-state index contributed by atoms with van der Waals surface area (Å²) < 4.78 is 38.2. The minimum atomic E-state index is -1.01. The number of rotatable bonds is 7. The van der Waals surface area contributed by atoms with Gasteiger partial charge in [0, 0.05) is 75.4 Å². The number of benzene rings is 4. The van der Waals surface area contributed by atoms with Crippen molar-refractivity contribution < 1.29 is 18.1 Å². The normalized spacial score (nSPS) is 12.9. The predicted octanol–water partition coefficient (Wildman–Crippen LogP) is 9.37. The van der Waals surface area contributed by atoms with Crippen LogP contribution in [0, 0.1) is 11.6 Å². The molecular formula is C42H31F2N5O2S. The molecular weight excluding hydrogens is 677 g/mol. The molecule has 52 heavy (non-hydrogen) atoms. The number of nitrogens with zero attached hydrogens (tertiary/aromatic N) is 4. The monoisotopic (exact) mass is 707 g/mol. The zero-order valence-corrected chi connectivity index (χ0v) is 28.7. The molecule has 0 saturated heterocycles. The summed E-state index contributed by atoms with van der Waals surface area (Å²) in [6.45, 7) is 0. The first kappa shape index (κ1) is 34.1. The van der Waals surface area contributed by atoms with Crippen molar-refractivity contribution in [3.8, 4) is 39.7 Å². The number of aromatic hydroxyl groups is 1. The molecule has 10 heteroatoms. The van der Waals surface area contributed by atoms with Gasteiger partial charge in [-0.3, -0.25) is 19.2 Å². The molecule has 7 aromatic rings. The lowest BCUT2D eigenvalue weighted by molar-refractivity contribution is 0.475. The van der Waals surface area contributed by atoms with Crippen molar-refractivity contribution in [2.24, 2.45) is 4.99 Å². The van der Waals surface area contributed by atoms with Gasteiger partial charge in [0.15, 0.2) is 0 Å². The van der Waals surface area contributed by atoms with Crippen LogP contribution in [-0.2, 0) is 10.8 Å². The van der Waals surface area contributed by atoms with Crippen LogP contribution in [-0.4, -0.2) is 41.2 Å². The van der Waals surface area contributed by atoms with E-state index in [9.17, 15) is 18.1 Å². The number of phenols is 1. The standard InChI is InChI=1S/C22H17FN2OS.C20H14FN3O/c1-27(26)19-8-4-16(5-9-19)21-14-20(15-10-12-24-13-11-15)22(25-21)17-2-6-18(23)7-3-17;21-16-5-1-13(2-6-16)18-19(14-9-11-22-12-10-14)24-20(23-18)15-3-7-17(25)8-4-15/h2-13H,14H2,1H3;1-12,25H,(H,23,24). The smallest absolute Gasteiger partial charge is 0.138 e. The van der Waals surface area contributed by atoms with E-state index in [0.717, 1.165) is 66.6 Å². The van der Waals surface area contributed by atoms with Crippen LogP contribution in [0.1, 0.15) is 23.1 Å². The van der Waals surface area contributed by atoms with E-state index >= 15 is 0 Å². The number of H-pyrrole nitrogens is 1. The largest absolute Gasteiger partial charge is 0.508 e. The first-order valence-electron chi connectivity index (χ1n) is 16.3. The van der Waals surface area contributed by atoms with E-state index in [-0.39, 0.29) is 17.4 Å². The number of aromatic nitrogens is 4. The summed E-state index contributed by atoms with van der Waals surface area (Å²) >= 11 is 0. The summed E-state index contributed by atoms with van der Waals surface area (Å²) in [5.41, 5.74) is 9.96. The summed E-state index contributed by atoms with van der Waals surface area (Å²) in [4.78, 5) is 21.8. The van der Waals surface area contributed by atoms with Gasteiger partial charge in [0.05, 0.1) is 22.8 Å². The second-order valence-electron chi connectivity index (χ2n) is 11.9. The highest BCUT2D eigenvalue weighted by Gasteiger charge is 2.22. The van der Waals surface area contributed by atoms with Crippen LogP contribution in [0.4, 0.5) is 8.78 Å². The van der Waals surface area contributed by atoms with Crippen molar-refractivity contribution in [3.63, 3.8) is 0 Å². The molecule has 3 aromatic heterocycles. The Kier molecular flexibility index (Phi) is 9.99. The van der Waals surface area contributed by atoms with E-state index < -0.39 is 10.8 Å². The average Bonchev–Trinajstić information content (AvgIpc) is 3.83. The van der Waals surface area contributed by atoms with E-state index in [2.05, 4.69) is 15.0 Å². The quantitative estimate of drug-likeness (QED) is 0.172. The number of phenolic OH excluding ortho intramolecular Hbond substituents is 1. The number of aliphatic imine (C=N–C) groups is 1. The Balaban J connectivity index is 0.000000162. The number of imidazole rings is 1. The lowest BCUT2D eigenvalue weighted by Crippen LogP contribution is -1.99. The number of allylic oxidation sites excluding steroid dienone is 1. The van der Waals surface area contributed by atoms with E-state index in [0.29, 0.717) is 12.2 Å². The van der Waals surface area contributed by atoms with Gasteiger partial charge in [0.2, 0.25) is 0 Å². The molecule has 2 N–H and O–H groups in total. The lowest BCUT2D eigenvalue weighted by atomic mass is 9.97. The minimum Gasteiger partial charge on any atom is -0.508 e. The fraction of sp³-hybridized carbons (Fsp3) is 0.0476. The summed E-state index contributed by atoms with van der Waals surface area (Å²) in [6, 6.07) is 34.8. The molecule has 1 aliphatic heterocycles. The van der Waals surface area contributed by atoms with Crippen LogP contribution in [0.25, 0.3) is 45.2 Å². The summed E-state index contributed by atoms with van der Waals surface area (Å²) in [7, 11) is -1.01. The Hall–Kier alpha value is -6.39. The van der Waals surface area contributed by atoms with Gasteiger partial charge < -0.3 is 10.1 Å². The van der Waals surface area contributed by atoms with E-state index in [1.165, 1.54) is 24.3 Å². The number of nitrogens with one attached hydrogen (secondary N) is 1. The van der Waals surface area contributed by atoms with Crippen LogP contribution >= 0.6 is 0 Å². The highest BCUT2D eigenvalue weighted by atomic mass is 32.2. The third-order valence-corrected chi connectivity index (χ3v) is 9.41. The molecule has 7 nitrogen and oxygen atoms in total. The fourth-order valence-corrected chi connectivity index (χ4v) is 6.33. The molecule has 4 heterocycles. The Morgan fingerprint density at radius 3 is 1.71 bits per heavy atom. The topological polar surface area (TPSA) is 104 Å². The van der Waals surface area contributed by atoms with Crippen molar-refractivity contribution >= 4 is 27.8 Å². The van der Waals surface area contributed by atoms with Crippen molar-refractivity contribution in [1.82, 2.24) is 19.9 Å². The molecule has 4 aromatic carbocycles. The first-order chi connectivity index (χ1) is 25.3. The van der Waals surface area contributed by atoms with Gasteiger partial charge in [-0.2, -0.15) is 0 Å². The van der Waals surface area contributed by atoms with Gasteiger partial charge in [-0.25, -0.2) is 13.8 Å². The first-order valence-corrected chi connectivity index (χ1v) is 17.8. The maximum atomic E-state index is 13.4. The molecule has 0 fully saturated rings. The molecule has 1 unspecified atom stereocenters. The summed E-state index contributed by atoms with van der Waals surface area (Å²) in [5, 5.41) is 9.47. The maximum absolute atomic E-state index is 13.4. The number of pyridine rings is 2. The molecule has 256 valence electrons. The summed E-state index contributed by atoms with van der Waals surface area (Å²) in [5.74, 6) is 0.313. The molecule has 0 spiro atoms. The van der Waals surface area contributed by atoms with E-state index in [1.807, 2.05) is 48.5 Å². The highest BCUT2D eigenvalue weighted by molar-refractivity contribution is 7.84. The Morgan fingerprint density at radius 1 is 0.615 bits per heavy atom. The minimum absolute atomic E-state index is 0.198. The van der Waals surface area contributed by atoms with Crippen molar-refractivity contribution in [1.29, 1.82) is 0 Å². The van der Waals surface area contributed by atoms with Gasteiger partial charge >= 0.3 is 0 Å². The second-order valence-corrected chi connectivity index (χ2v) is 13.3.